The molecule has 2 fully saturated rings. The lowest BCUT2D eigenvalue weighted by atomic mass is 9.66. The average Bonchev–Trinajstić information content (AvgIpc) is 3.73. The van der Waals surface area contributed by atoms with Crippen LogP contribution in [0.1, 0.15) is 56.4 Å². The van der Waals surface area contributed by atoms with Crippen LogP contribution in [0, 0.1) is 11.8 Å². The van der Waals surface area contributed by atoms with Gasteiger partial charge in [0.15, 0.2) is 47.6 Å². The van der Waals surface area contributed by atoms with Crippen molar-refractivity contribution in [1.82, 2.24) is 0 Å². The topological polar surface area (TPSA) is 196 Å². The smallest absolute Gasteiger partial charge is 0.310 e. The number of rotatable bonds is 11. The molecule has 2 saturated heterocycles. The Kier molecular flexibility index (Phi) is 10.9. The van der Waals surface area contributed by atoms with Crippen LogP contribution in [0.2, 0.25) is 0 Å². The van der Waals surface area contributed by atoms with Gasteiger partial charge in [0.2, 0.25) is 12.5 Å². The van der Waals surface area contributed by atoms with Gasteiger partial charge in [-0.25, -0.2) is 0 Å². The van der Waals surface area contributed by atoms with Crippen molar-refractivity contribution in [3.8, 4) is 28.7 Å². The number of ether oxygens (including phenoxy) is 12. The molecule has 0 spiro atoms. The van der Waals surface area contributed by atoms with Gasteiger partial charge in [0.05, 0.1) is 40.0 Å². The predicted molar refractivity (Wildman–Crippen MR) is 174 cm³/mol. The molecule has 286 valence electrons. The molecule has 2 aromatic rings. The van der Waals surface area contributed by atoms with E-state index in [0.29, 0.717) is 45.4 Å². The first kappa shape index (κ1) is 37.5. The van der Waals surface area contributed by atoms with Gasteiger partial charge in [-0.05, 0) is 41.0 Å². The summed E-state index contributed by atoms with van der Waals surface area (Å²) in [4.78, 5) is 62.8. The third kappa shape index (κ3) is 7.35. The van der Waals surface area contributed by atoms with E-state index in [-0.39, 0.29) is 13.4 Å². The highest BCUT2D eigenvalue weighted by molar-refractivity contribution is 5.79. The number of carbonyl (C=O) groups excluding carboxylic acids is 5. The first-order valence-electron chi connectivity index (χ1n) is 16.7. The number of hydrogen-bond donors (Lipinski definition) is 0. The van der Waals surface area contributed by atoms with Gasteiger partial charge in [0, 0.05) is 39.5 Å². The third-order valence-electron chi connectivity index (χ3n) is 9.39. The number of carbonyl (C=O) groups is 5. The van der Waals surface area contributed by atoms with Crippen LogP contribution in [-0.4, -0.2) is 102 Å². The number of benzene rings is 2. The largest absolute Gasteiger partial charge is 0.493 e. The average molecular weight is 745 g/mol. The summed E-state index contributed by atoms with van der Waals surface area (Å²) >= 11 is 0. The Bertz CT molecular complexity index is 1750. The highest BCUT2D eigenvalue weighted by atomic mass is 16.7. The molecule has 53 heavy (non-hydrogen) atoms. The molecule has 0 radical (unpaired) electrons. The quantitative estimate of drug-likeness (QED) is 0.240. The maximum Gasteiger partial charge on any atom is 0.310 e. The molecule has 0 N–H and O–H groups in total. The monoisotopic (exact) mass is 744 g/mol. The van der Waals surface area contributed by atoms with Gasteiger partial charge >= 0.3 is 29.8 Å². The molecular formula is C36H40O17. The van der Waals surface area contributed by atoms with E-state index in [4.69, 9.17) is 56.8 Å². The fraction of sp³-hybridized carbons (Fsp3) is 0.528. The Balaban J connectivity index is 1.49. The van der Waals surface area contributed by atoms with Crippen LogP contribution < -0.4 is 23.7 Å². The van der Waals surface area contributed by atoms with Crippen LogP contribution >= 0.6 is 0 Å². The van der Waals surface area contributed by atoms with Crippen molar-refractivity contribution in [2.24, 2.45) is 11.8 Å². The number of cyclic esters (lactones) is 1. The highest BCUT2D eigenvalue weighted by Crippen LogP contribution is 2.57. The standard InChI is InChI=1S/C36H40O17/c1-15(37)45-13-27-32(49-16(2)38)33(50-17(3)39)34(51-18(4)40)36(52-27)53-30-21-11-24-23(47-14-48-24)10-20(21)28(29-22(30)12-46-35(29)41)19-8-25(42-5)31(44-7)26(9-19)43-6/h8-11,22,27-30,32-34,36H,12-14H2,1-7H3/t22-,27+,28+,29-,30+,32+,33-,34+,36+/m0/s1. The zero-order chi connectivity index (χ0) is 38.1. The van der Waals surface area contributed by atoms with E-state index in [0.717, 1.165) is 20.8 Å². The Labute approximate surface area is 303 Å². The van der Waals surface area contributed by atoms with Crippen molar-refractivity contribution in [3.63, 3.8) is 0 Å². The van der Waals surface area contributed by atoms with Crippen LogP contribution in [0.25, 0.3) is 0 Å². The van der Waals surface area contributed by atoms with Gasteiger partial charge in [0.1, 0.15) is 12.7 Å². The molecule has 0 aromatic heterocycles. The Morgan fingerprint density at radius 2 is 1.30 bits per heavy atom. The van der Waals surface area contributed by atoms with E-state index < -0.39 is 91.0 Å². The molecule has 3 heterocycles. The van der Waals surface area contributed by atoms with Crippen molar-refractivity contribution in [2.75, 3.05) is 41.3 Å². The first-order valence-corrected chi connectivity index (χ1v) is 16.7. The fourth-order valence-corrected chi connectivity index (χ4v) is 7.41. The molecule has 0 unspecified atom stereocenters. The second kappa shape index (κ2) is 15.4. The lowest BCUT2D eigenvalue weighted by molar-refractivity contribution is -0.322. The number of esters is 5. The minimum absolute atomic E-state index is 0.0484. The Hall–Kier alpha value is -5.29. The summed E-state index contributed by atoms with van der Waals surface area (Å²) in [6, 6.07) is 7.00. The lowest BCUT2D eigenvalue weighted by Gasteiger charge is -2.46. The van der Waals surface area contributed by atoms with Gasteiger partial charge in [-0.15, -0.1) is 0 Å². The van der Waals surface area contributed by atoms with Crippen LogP contribution in [0.15, 0.2) is 24.3 Å². The maximum absolute atomic E-state index is 13.8. The molecule has 6 rings (SSSR count). The van der Waals surface area contributed by atoms with E-state index in [9.17, 15) is 24.0 Å². The van der Waals surface area contributed by atoms with Crippen LogP contribution in [0.5, 0.6) is 28.7 Å². The molecule has 0 bridgehead atoms. The lowest BCUT2D eigenvalue weighted by Crippen LogP contribution is -2.63. The van der Waals surface area contributed by atoms with Gasteiger partial charge in [-0.3, -0.25) is 24.0 Å². The molecule has 2 aromatic carbocycles. The first-order chi connectivity index (χ1) is 25.3. The van der Waals surface area contributed by atoms with Gasteiger partial charge in [-0.1, -0.05) is 0 Å². The van der Waals surface area contributed by atoms with Crippen molar-refractivity contribution in [3.05, 3.63) is 41.0 Å². The van der Waals surface area contributed by atoms with Crippen molar-refractivity contribution in [1.29, 1.82) is 0 Å². The van der Waals surface area contributed by atoms with Crippen LogP contribution in [0.4, 0.5) is 0 Å². The Morgan fingerprint density at radius 3 is 1.87 bits per heavy atom. The molecular weight excluding hydrogens is 704 g/mol. The molecule has 9 atom stereocenters. The summed E-state index contributed by atoms with van der Waals surface area (Å²) in [6.45, 7) is 3.98. The SMILES string of the molecule is COc1cc([C@@H]2c3cc4c(cc3[C@@H](O[C@H]3O[C@H](COC(C)=O)[C@@H](OC(C)=O)[C@H](OC(C)=O)[C@H]3OC(C)=O)[C@H]3COC(=O)[C@H]23)OCO4)cc(OC)c1OC. The second-order valence-corrected chi connectivity index (χ2v) is 12.7. The summed E-state index contributed by atoms with van der Waals surface area (Å²) in [7, 11) is 4.45. The summed E-state index contributed by atoms with van der Waals surface area (Å²) in [5.74, 6) is -3.79. The van der Waals surface area contributed by atoms with E-state index >= 15 is 0 Å². The minimum Gasteiger partial charge on any atom is -0.493 e. The molecule has 0 amide bonds. The van der Waals surface area contributed by atoms with Crippen LogP contribution in [-0.2, 0) is 57.1 Å². The van der Waals surface area contributed by atoms with E-state index in [2.05, 4.69) is 0 Å². The highest BCUT2D eigenvalue weighted by Gasteiger charge is 2.57. The molecule has 4 aliphatic rings. The zero-order valence-electron chi connectivity index (χ0n) is 30.1. The third-order valence-corrected chi connectivity index (χ3v) is 9.39. The molecule has 17 nitrogen and oxygen atoms in total. The summed E-state index contributed by atoms with van der Waals surface area (Å²) < 4.78 is 69.0. The van der Waals surface area contributed by atoms with E-state index in [1.807, 2.05) is 0 Å². The van der Waals surface area contributed by atoms with Crippen LogP contribution in [0.3, 0.4) is 0 Å². The summed E-state index contributed by atoms with van der Waals surface area (Å²) in [6.07, 6.45) is -8.16. The summed E-state index contributed by atoms with van der Waals surface area (Å²) in [5.41, 5.74) is 1.80. The molecule has 1 aliphatic carbocycles. The predicted octanol–water partition coefficient (Wildman–Crippen LogP) is 2.52. The maximum atomic E-state index is 13.8. The number of fused-ring (bicyclic) bond motifs is 3. The number of methoxy groups -OCH3 is 3. The number of hydrogen-bond acceptors (Lipinski definition) is 17. The molecule has 17 heteroatoms. The zero-order valence-corrected chi connectivity index (χ0v) is 30.1. The van der Waals surface area contributed by atoms with Gasteiger partial charge in [0.25, 0.3) is 0 Å². The fourth-order valence-electron chi connectivity index (χ4n) is 7.41. The van der Waals surface area contributed by atoms with Gasteiger partial charge in [-0.2, -0.15) is 0 Å². The van der Waals surface area contributed by atoms with Gasteiger partial charge < -0.3 is 56.8 Å². The van der Waals surface area contributed by atoms with E-state index in [1.165, 1.54) is 28.3 Å². The van der Waals surface area contributed by atoms with Crippen molar-refractivity contribution in [2.45, 2.75) is 70.4 Å². The summed E-state index contributed by atoms with van der Waals surface area (Å²) in [5, 5.41) is 0. The van der Waals surface area contributed by atoms with Crippen molar-refractivity contribution >= 4 is 29.8 Å². The Morgan fingerprint density at radius 1 is 0.717 bits per heavy atom. The van der Waals surface area contributed by atoms with Crippen molar-refractivity contribution < 1.29 is 80.8 Å². The molecule has 3 aliphatic heterocycles. The molecule has 0 saturated carbocycles. The van der Waals surface area contributed by atoms with E-state index in [1.54, 1.807) is 24.3 Å². The normalized spacial score (nSPS) is 28.1. The second-order valence-electron chi connectivity index (χ2n) is 12.7. The minimum atomic E-state index is -1.53.